The van der Waals surface area contributed by atoms with Gasteiger partial charge in [0, 0.05) is 17.0 Å². The van der Waals surface area contributed by atoms with Crippen molar-refractivity contribution in [3.05, 3.63) is 84.2 Å². The first-order valence-corrected chi connectivity index (χ1v) is 9.28. The number of carbonyl (C=O) groups excluding carboxylic acids is 1. The van der Waals surface area contributed by atoms with Crippen LogP contribution in [0.25, 0.3) is 22.2 Å². The first kappa shape index (κ1) is 19.4. The number of nitrogens with zero attached hydrogens (tertiary/aromatic N) is 1. The molecule has 0 unspecified atom stereocenters. The van der Waals surface area contributed by atoms with Crippen molar-refractivity contribution in [2.75, 3.05) is 19.5 Å². The molecule has 1 aromatic heterocycles. The Labute approximate surface area is 173 Å². The van der Waals surface area contributed by atoms with E-state index < -0.39 is 0 Å². The summed E-state index contributed by atoms with van der Waals surface area (Å²) in [7, 11) is 3.09. The van der Waals surface area contributed by atoms with Crippen LogP contribution in [-0.2, 0) is 0 Å². The molecule has 0 aliphatic carbocycles. The van der Waals surface area contributed by atoms with Gasteiger partial charge in [-0.25, -0.2) is 9.37 Å². The molecule has 0 aliphatic heterocycles. The Balaban J connectivity index is 1.77. The van der Waals surface area contributed by atoms with Gasteiger partial charge in [0.25, 0.3) is 5.91 Å². The van der Waals surface area contributed by atoms with Gasteiger partial charge in [-0.15, -0.1) is 0 Å². The number of fused-ring (bicyclic) bond motifs is 1. The molecular formula is C24H19FN2O3. The van der Waals surface area contributed by atoms with E-state index in [0.717, 1.165) is 5.56 Å². The molecule has 0 saturated carbocycles. The molecule has 5 nitrogen and oxygen atoms in total. The summed E-state index contributed by atoms with van der Waals surface area (Å²) in [5.74, 6) is 0.474. The lowest BCUT2D eigenvalue weighted by atomic mass is 10.0. The predicted molar refractivity (Wildman–Crippen MR) is 115 cm³/mol. The van der Waals surface area contributed by atoms with Gasteiger partial charge < -0.3 is 14.8 Å². The second-order valence-corrected chi connectivity index (χ2v) is 6.60. The molecule has 150 valence electrons. The second-order valence-electron chi connectivity index (χ2n) is 6.60. The molecule has 1 heterocycles. The highest BCUT2D eigenvalue weighted by atomic mass is 19.1. The van der Waals surface area contributed by atoms with Crippen LogP contribution in [0.5, 0.6) is 11.5 Å². The molecule has 4 rings (SSSR count). The number of anilines is 1. The molecule has 6 heteroatoms. The summed E-state index contributed by atoms with van der Waals surface area (Å²) in [5, 5.41) is 3.62. The minimum absolute atomic E-state index is 0.305. The SMILES string of the molecule is COc1ccc(NC(=O)c2cc(-c3ccc(F)cc3)nc3ccccc23)c(OC)c1. The largest absolute Gasteiger partial charge is 0.497 e. The zero-order valence-corrected chi connectivity index (χ0v) is 16.5. The van der Waals surface area contributed by atoms with E-state index in [1.54, 1.807) is 43.5 Å². The highest BCUT2D eigenvalue weighted by molar-refractivity contribution is 6.13. The topological polar surface area (TPSA) is 60.5 Å². The fourth-order valence-corrected chi connectivity index (χ4v) is 3.22. The lowest BCUT2D eigenvalue weighted by Gasteiger charge is -2.13. The van der Waals surface area contributed by atoms with Crippen molar-refractivity contribution >= 4 is 22.5 Å². The molecule has 30 heavy (non-hydrogen) atoms. The lowest BCUT2D eigenvalue weighted by Crippen LogP contribution is -2.14. The molecule has 0 spiro atoms. The van der Waals surface area contributed by atoms with Crippen LogP contribution >= 0.6 is 0 Å². The number of benzene rings is 3. The van der Waals surface area contributed by atoms with E-state index in [1.165, 1.54) is 19.2 Å². The van der Waals surface area contributed by atoms with Crippen LogP contribution in [0.4, 0.5) is 10.1 Å². The van der Waals surface area contributed by atoms with Crippen molar-refractivity contribution in [2.24, 2.45) is 0 Å². The fraction of sp³-hybridized carbons (Fsp3) is 0.0833. The zero-order valence-electron chi connectivity index (χ0n) is 16.5. The summed E-state index contributed by atoms with van der Waals surface area (Å²) in [6, 6.07) is 20.3. The lowest BCUT2D eigenvalue weighted by molar-refractivity contribution is 0.102. The van der Waals surface area contributed by atoms with Crippen molar-refractivity contribution in [3.63, 3.8) is 0 Å². The van der Waals surface area contributed by atoms with E-state index in [9.17, 15) is 9.18 Å². The molecule has 0 radical (unpaired) electrons. The molecule has 4 aromatic rings. The molecule has 1 N–H and O–H groups in total. The molecule has 0 saturated heterocycles. The first-order chi connectivity index (χ1) is 14.6. The highest BCUT2D eigenvalue weighted by Gasteiger charge is 2.16. The third kappa shape index (κ3) is 3.80. The number of para-hydroxylation sites is 1. The van der Waals surface area contributed by atoms with E-state index in [2.05, 4.69) is 10.3 Å². The van der Waals surface area contributed by atoms with Crippen LogP contribution < -0.4 is 14.8 Å². The van der Waals surface area contributed by atoms with Gasteiger partial charge in [0.2, 0.25) is 0 Å². The summed E-state index contributed by atoms with van der Waals surface area (Å²) >= 11 is 0. The number of nitrogens with one attached hydrogen (secondary N) is 1. The summed E-state index contributed by atoms with van der Waals surface area (Å²) < 4.78 is 23.9. The molecule has 0 atom stereocenters. The minimum Gasteiger partial charge on any atom is -0.497 e. The van der Waals surface area contributed by atoms with Crippen LogP contribution in [0.3, 0.4) is 0 Å². The van der Waals surface area contributed by atoms with Crippen molar-refractivity contribution in [1.29, 1.82) is 0 Å². The maximum atomic E-state index is 13.3. The van der Waals surface area contributed by atoms with Crippen molar-refractivity contribution in [1.82, 2.24) is 4.98 Å². The number of methoxy groups -OCH3 is 2. The van der Waals surface area contributed by atoms with Gasteiger partial charge in [-0.1, -0.05) is 18.2 Å². The van der Waals surface area contributed by atoms with Gasteiger partial charge in [0.1, 0.15) is 17.3 Å². The Bertz CT molecular complexity index is 1220. The third-order valence-corrected chi connectivity index (χ3v) is 4.76. The molecule has 1 amide bonds. The third-order valence-electron chi connectivity index (χ3n) is 4.76. The summed E-state index contributed by atoms with van der Waals surface area (Å²) in [6.07, 6.45) is 0. The van der Waals surface area contributed by atoms with Gasteiger partial charge in [0.05, 0.1) is 36.7 Å². The normalized spacial score (nSPS) is 10.6. The quantitative estimate of drug-likeness (QED) is 0.491. The Kier molecular flexibility index (Phi) is 5.30. The number of rotatable bonds is 5. The monoisotopic (exact) mass is 402 g/mol. The maximum Gasteiger partial charge on any atom is 0.256 e. The van der Waals surface area contributed by atoms with E-state index in [0.29, 0.717) is 39.3 Å². The first-order valence-electron chi connectivity index (χ1n) is 9.28. The van der Waals surface area contributed by atoms with E-state index in [1.807, 2.05) is 24.3 Å². The number of hydrogen-bond donors (Lipinski definition) is 1. The van der Waals surface area contributed by atoms with Crippen LogP contribution in [0.15, 0.2) is 72.8 Å². The molecule has 0 bridgehead atoms. The van der Waals surface area contributed by atoms with Crippen molar-refractivity contribution in [2.45, 2.75) is 0 Å². The minimum atomic E-state index is -0.330. The standard InChI is InChI=1S/C24H19FN2O3/c1-29-17-11-12-21(23(13-17)30-2)27-24(28)19-14-22(15-7-9-16(25)10-8-15)26-20-6-4-3-5-18(19)20/h3-14H,1-2H3,(H,27,28). The average molecular weight is 402 g/mol. The van der Waals surface area contributed by atoms with Crippen molar-refractivity contribution in [3.8, 4) is 22.8 Å². The fourth-order valence-electron chi connectivity index (χ4n) is 3.22. The maximum absolute atomic E-state index is 13.3. The van der Waals surface area contributed by atoms with E-state index >= 15 is 0 Å². The van der Waals surface area contributed by atoms with Gasteiger partial charge in [-0.05, 0) is 48.5 Å². The van der Waals surface area contributed by atoms with Crippen LogP contribution in [0.2, 0.25) is 0 Å². The summed E-state index contributed by atoms with van der Waals surface area (Å²) in [4.78, 5) is 17.8. The molecule has 3 aromatic carbocycles. The number of halogens is 1. The van der Waals surface area contributed by atoms with Gasteiger partial charge in [0.15, 0.2) is 0 Å². The molecular weight excluding hydrogens is 383 g/mol. The Hall–Kier alpha value is -3.93. The Morgan fingerprint density at radius 2 is 1.70 bits per heavy atom. The van der Waals surface area contributed by atoms with Crippen molar-refractivity contribution < 1.29 is 18.7 Å². The average Bonchev–Trinajstić information content (AvgIpc) is 2.79. The number of pyridine rings is 1. The highest BCUT2D eigenvalue weighted by Crippen LogP contribution is 2.31. The summed E-state index contributed by atoms with van der Waals surface area (Å²) in [5.41, 5.74) is 2.95. The smallest absolute Gasteiger partial charge is 0.256 e. The Morgan fingerprint density at radius 1 is 0.933 bits per heavy atom. The van der Waals surface area contributed by atoms with E-state index in [4.69, 9.17) is 9.47 Å². The van der Waals surface area contributed by atoms with Gasteiger partial charge in [-0.2, -0.15) is 0 Å². The van der Waals surface area contributed by atoms with Crippen LogP contribution in [0.1, 0.15) is 10.4 Å². The number of carbonyl (C=O) groups is 1. The van der Waals surface area contributed by atoms with Gasteiger partial charge in [-0.3, -0.25) is 4.79 Å². The number of ether oxygens (including phenoxy) is 2. The number of amides is 1. The predicted octanol–water partition coefficient (Wildman–Crippen LogP) is 5.31. The van der Waals surface area contributed by atoms with E-state index in [-0.39, 0.29) is 11.7 Å². The Morgan fingerprint density at radius 3 is 2.43 bits per heavy atom. The second kappa shape index (κ2) is 8.21. The van der Waals surface area contributed by atoms with Crippen LogP contribution in [-0.4, -0.2) is 25.1 Å². The zero-order chi connectivity index (χ0) is 21.1. The number of hydrogen-bond acceptors (Lipinski definition) is 4. The van der Waals surface area contributed by atoms with Gasteiger partial charge >= 0.3 is 0 Å². The number of aromatic nitrogens is 1. The summed E-state index contributed by atoms with van der Waals surface area (Å²) in [6.45, 7) is 0. The van der Waals surface area contributed by atoms with Crippen LogP contribution in [0, 0.1) is 5.82 Å². The molecule has 0 fully saturated rings. The molecule has 0 aliphatic rings.